The number of anilines is 1. The fourth-order valence-electron chi connectivity index (χ4n) is 2.28. The Morgan fingerprint density at radius 1 is 1.60 bits per heavy atom. The van der Waals surface area contributed by atoms with Gasteiger partial charge in [0.25, 0.3) is 0 Å². The molecule has 1 aliphatic heterocycles. The lowest BCUT2D eigenvalue weighted by Gasteiger charge is -2.34. The van der Waals surface area contributed by atoms with Crippen LogP contribution in [0.2, 0.25) is 0 Å². The number of rotatable bonds is 3. The molecule has 1 aromatic rings. The summed E-state index contributed by atoms with van der Waals surface area (Å²) in [6, 6.07) is 8.77. The summed E-state index contributed by atoms with van der Waals surface area (Å²) >= 11 is 0. The minimum atomic E-state index is -0.216. The second kappa shape index (κ2) is 6.51. The van der Waals surface area contributed by atoms with Crippen LogP contribution in [0.3, 0.4) is 0 Å². The lowest BCUT2D eigenvalue weighted by atomic mass is 10.2. The van der Waals surface area contributed by atoms with Crippen LogP contribution >= 0.6 is 0 Å². The highest BCUT2D eigenvalue weighted by atomic mass is 16.5. The van der Waals surface area contributed by atoms with Gasteiger partial charge in [0.2, 0.25) is 5.91 Å². The van der Waals surface area contributed by atoms with E-state index in [1.807, 2.05) is 13.8 Å². The van der Waals surface area contributed by atoms with Gasteiger partial charge in [-0.1, -0.05) is 6.07 Å². The zero-order valence-corrected chi connectivity index (χ0v) is 11.8. The Kier molecular flexibility index (Phi) is 4.72. The van der Waals surface area contributed by atoms with Crippen LogP contribution < -0.4 is 5.32 Å². The average Bonchev–Trinajstić information content (AvgIpc) is 2.46. The third-order valence-electron chi connectivity index (χ3n) is 3.46. The third-order valence-corrected chi connectivity index (χ3v) is 3.46. The van der Waals surface area contributed by atoms with Crippen LogP contribution in [0.4, 0.5) is 5.69 Å². The highest BCUT2D eigenvalue weighted by Gasteiger charge is 2.25. The molecule has 0 aromatic heterocycles. The molecule has 1 amide bonds. The summed E-state index contributed by atoms with van der Waals surface area (Å²) in [5, 5.41) is 11.7. The Labute approximate surface area is 119 Å². The fraction of sp³-hybridized carbons (Fsp3) is 0.467. The molecule has 1 fully saturated rings. The van der Waals surface area contributed by atoms with Crippen molar-refractivity contribution in [2.45, 2.75) is 26.0 Å². The molecule has 106 valence electrons. The monoisotopic (exact) mass is 273 g/mol. The van der Waals surface area contributed by atoms with Crippen LogP contribution in [-0.4, -0.2) is 42.6 Å². The van der Waals surface area contributed by atoms with Gasteiger partial charge in [-0.05, 0) is 32.0 Å². The van der Waals surface area contributed by atoms with Crippen LogP contribution in [-0.2, 0) is 9.53 Å². The number of amides is 1. The number of carbonyl (C=O) groups is 1. The van der Waals surface area contributed by atoms with Crippen LogP contribution in [0.25, 0.3) is 0 Å². The number of benzene rings is 1. The van der Waals surface area contributed by atoms with E-state index in [2.05, 4.69) is 16.3 Å². The van der Waals surface area contributed by atoms with E-state index >= 15 is 0 Å². The lowest BCUT2D eigenvalue weighted by molar-refractivity contribution is -0.123. The van der Waals surface area contributed by atoms with Crippen LogP contribution in [0.15, 0.2) is 24.3 Å². The Morgan fingerprint density at radius 2 is 2.40 bits per heavy atom. The molecule has 0 radical (unpaired) electrons. The highest BCUT2D eigenvalue weighted by Crippen LogP contribution is 2.13. The molecule has 1 N–H and O–H groups in total. The summed E-state index contributed by atoms with van der Waals surface area (Å²) in [4.78, 5) is 14.4. The zero-order valence-electron chi connectivity index (χ0n) is 11.8. The van der Waals surface area contributed by atoms with Gasteiger partial charge in [0, 0.05) is 18.8 Å². The van der Waals surface area contributed by atoms with Gasteiger partial charge in [-0.2, -0.15) is 5.26 Å². The number of hydrogen-bond donors (Lipinski definition) is 1. The molecule has 0 spiro atoms. The van der Waals surface area contributed by atoms with Crippen molar-refractivity contribution in [2.75, 3.05) is 25.0 Å². The molecular weight excluding hydrogens is 254 g/mol. The first kappa shape index (κ1) is 14.5. The lowest BCUT2D eigenvalue weighted by Crippen LogP contribution is -2.50. The van der Waals surface area contributed by atoms with Crippen molar-refractivity contribution < 1.29 is 9.53 Å². The van der Waals surface area contributed by atoms with Gasteiger partial charge in [-0.15, -0.1) is 0 Å². The van der Waals surface area contributed by atoms with Gasteiger partial charge in [0.1, 0.15) is 0 Å². The number of nitrogens with one attached hydrogen (secondary N) is 1. The maximum absolute atomic E-state index is 12.2. The molecule has 0 bridgehead atoms. The Morgan fingerprint density at radius 3 is 3.10 bits per heavy atom. The Bertz CT molecular complexity index is 524. The van der Waals surface area contributed by atoms with Gasteiger partial charge >= 0.3 is 0 Å². The Hall–Kier alpha value is -1.90. The second-order valence-corrected chi connectivity index (χ2v) is 5.03. The van der Waals surface area contributed by atoms with E-state index in [1.165, 1.54) is 0 Å². The minimum Gasteiger partial charge on any atom is -0.376 e. The number of ether oxygens (including phenoxy) is 1. The highest BCUT2D eigenvalue weighted by molar-refractivity contribution is 5.94. The summed E-state index contributed by atoms with van der Waals surface area (Å²) in [6.07, 6.45) is 0.154. The van der Waals surface area contributed by atoms with E-state index in [0.717, 1.165) is 13.1 Å². The van der Waals surface area contributed by atoms with Crippen LogP contribution in [0, 0.1) is 11.3 Å². The molecule has 1 aromatic carbocycles. The summed E-state index contributed by atoms with van der Waals surface area (Å²) in [5.41, 5.74) is 1.19. The van der Waals surface area contributed by atoms with Crippen molar-refractivity contribution in [3.8, 4) is 6.07 Å². The summed E-state index contributed by atoms with van der Waals surface area (Å²) < 4.78 is 5.48. The first-order valence-electron chi connectivity index (χ1n) is 6.77. The molecule has 1 saturated heterocycles. The molecule has 1 heterocycles. The molecule has 20 heavy (non-hydrogen) atoms. The summed E-state index contributed by atoms with van der Waals surface area (Å²) in [5.74, 6) is -0.0609. The molecule has 0 aliphatic carbocycles. The van der Waals surface area contributed by atoms with E-state index in [4.69, 9.17) is 10.00 Å². The molecule has 5 heteroatoms. The predicted octanol–water partition coefficient (Wildman–Crippen LogP) is 1.61. The normalized spacial score (nSPS) is 20.9. The number of carbonyl (C=O) groups excluding carboxylic acids is 1. The zero-order chi connectivity index (χ0) is 14.5. The molecule has 0 unspecified atom stereocenters. The molecule has 5 nitrogen and oxygen atoms in total. The van der Waals surface area contributed by atoms with E-state index in [9.17, 15) is 4.79 Å². The Balaban J connectivity index is 1.98. The largest absolute Gasteiger partial charge is 0.376 e. The first-order valence-corrected chi connectivity index (χ1v) is 6.77. The molecule has 0 saturated carbocycles. The van der Waals surface area contributed by atoms with E-state index in [0.29, 0.717) is 17.9 Å². The van der Waals surface area contributed by atoms with Crippen molar-refractivity contribution in [3.05, 3.63) is 29.8 Å². The van der Waals surface area contributed by atoms with Crippen LogP contribution in [0.5, 0.6) is 0 Å². The molecule has 1 aliphatic rings. The van der Waals surface area contributed by atoms with Crippen LogP contribution in [0.1, 0.15) is 19.4 Å². The van der Waals surface area contributed by atoms with Gasteiger partial charge in [0.15, 0.2) is 0 Å². The SMILES string of the molecule is C[C@@H]1CN([C@@H](C)C(=O)Nc2cccc(C#N)c2)CCO1. The quantitative estimate of drug-likeness (QED) is 0.908. The summed E-state index contributed by atoms with van der Waals surface area (Å²) in [6.45, 7) is 6.07. The minimum absolute atomic E-state index is 0.0609. The van der Waals surface area contributed by atoms with Crippen molar-refractivity contribution in [3.63, 3.8) is 0 Å². The van der Waals surface area contributed by atoms with Gasteiger partial charge in [0.05, 0.1) is 30.4 Å². The second-order valence-electron chi connectivity index (χ2n) is 5.03. The van der Waals surface area contributed by atoms with Crippen molar-refractivity contribution >= 4 is 11.6 Å². The first-order chi connectivity index (χ1) is 9.60. The van der Waals surface area contributed by atoms with Crippen molar-refractivity contribution in [1.29, 1.82) is 5.26 Å². The smallest absolute Gasteiger partial charge is 0.241 e. The maximum atomic E-state index is 12.2. The molecule has 2 rings (SSSR count). The molecular formula is C15H19N3O2. The average molecular weight is 273 g/mol. The van der Waals surface area contributed by atoms with Gasteiger partial charge < -0.3 is 10.1 Å². The van der Waals surface area contributed by atoms with E-state index in [-0.39, 0.29) is 18.1 Å². The number of hydrogen-bond acceptors (Lipinski definition) is 4. The van der Waals surface area contributed by atoms with Crippen molar-refractivity contribution in [2.24, 2.45) is 0 Å². The number of morpholine rings is 1. The topological polar surface area (TPSA) is 65.4 Å². The summed E-state index contributed by atoms with van der Waals surface area (Å²) in [7, 11) is 0. The number of nitriles is 1. The van der Waals surface area contributed by atoms with E-state index in [1.54, 1.807) is 24.3 Å². The van der Waals surface area contributed by atoms with Gasteiger partial charge in [-0.25, -0.2) is 0 Å². The van der Waals surface area contributed by atoms with E-state index < -0.39 is 0 Å². The standard InChI is InChI=1S/C15H19N3O2/c1-11-10-18(6-7-20-11)12(2)15(19)17-14-5-3-4-13(8-14)9-16/h3-5,8,11-12H,6-7,10H2,1-2H3,(H,17,19)/t11-,12+/m1/s1. The fourth-order valence-corrected chi connectivity index (χ4v) is 2.28. The van der Waals surface area contributed by atoms with Gasteiger partial charge in [-0.3, -0.25) is 9.69 Å². The molecule has 2 atom stereocenters. The number of nitrogens with zero attached hydrogens (tertiary/aromatic N) is 2. The maximum Gasteiger partial charge on any atom is 0.241 e. The third kappa shape index (κ3) is 3.56. The van der Waals surface area contributed by atoms with Crippen molar-refractivity contribution in [1.82, 2.24) is 4.90 Å². The predicted molar refractivity (Wildman–Crippen MR) is 76.2 cm³/mol.